The number of hydrogen-bond acceptors (Lipinski definition) is 3. The van der Waals surface area contributed by atoms with E-state index in [9.17, 15) is 4.79 Å². The van der Waals surface area contributed by atoms with Crippen LogP contribution in [0.4, 0.5) is 5.69 Å². The fraction of sp³-hybridized carbons (Fsp3) is 0.600. The van der Waals surface area contributed by atoms with E-state index in [0.29, 0.717) is 11.5 Å². The van der Waals surface area contributed by atoms with Crippen LogP contribution < -0.4 is 15.4 Å². The number of ether oxygens (including phenoxy) is 1. The maximum absolute atomic E-state index is 12.6. The molecular weight excluding hydrogens is 332 g/mol. The highest BCUT2D eigenvalue weighted by Crippen LogP contribution is 2.61. The molecule has 0 aliphatic heterocycles. The van der Waals surface area contributed by atoms with E-state index in [1.54, 1.807) is 7.11 Å². The van der Waals surface area contributed by atoms with E-state index in [4.69, 9.17) is 17.0 Å². The minimum Gasteiger partial charge on any atom is -0.497 e. The van der Waals surface area contributed by atoms with Crippen LogP contribution in [-0.2, 0) is 4.79 Å². The number of amides is 1. The lowest BCUT2D eigenvalue weighted by atomic mass is 9.49. The molecule has 4 fully saturated rings. The highest BCUT2D eigenvalue weighted by atomic mass is 32.1. The van der Waals surface area contributed by atoms with Gasteiger partial charge in [0.25, 0.3) is 0 Å². The smallest absolute Gasteiger partial charge is 0.226 e. The number of anilines is 1. The van der Waals surface area contributed by atoms with Crippen LogP contribution >= 0.6 is 12.2 Å². The summed E-state index contributed by atoms with van der Waals surface area (Å²) < 4.78 is 5.14. The lowest BCUT2D eigenvalue weighted by Crippen LogP contribution is -2.48. The first-order chi connectivity index (χ1) is 12.0. The Balaban J connectivity index is 1.32. The lowest BCUT2D eigenvalue weighted by Gasteiger charge is -2.56. The van der Waals surface area contributed by atoms with Crippen molar-refractivity contribution in [3.05, 3.63) is 24.3 Å². The van der Waals surface area contributed by atoms with Crippen LogP contribution in [0, 0.1) is 23.2 Å². The zero-order valence-electron chi connectivity index (χ0n) is 14.7. The van der Waals surface area contributed by atoms with Gasteiger partial charge in [0.2, 0.25) is 5.91 Å². The molecule has 0 radical (unpaired) electrons. The predicted molar refractivity (Wildman–Crippen MR) is 103 cm³/mol. The largest absolute Gasteiger partial charge is 0.497 e. The summed E-state index contributed by atoms with van der Waals surface area (Å²) in [6.45, 7) is 0. The van der Waals surface area contributed by atoms with E-state index in [0.717, 1.165) is 29.2 Å². The van der Waals surface area contributed by atoms with Gasteiger partial charge in [0.15, 0.2) is 5.11 Å². The van der Waals surface area contributed by atoms with E-state index in [2.05, 4.69) is 10.6 Å². The number of carbonyl (C=O) groups is 1. The lowest BCUT2D eigenvalue weighted by molar-refractivity contribution is -0.127. The Kier molecular flexibility index (Phi) is 4.44. The highest BCUT2D eigenvalue weighted by molar-refractivity contribution is 7.80. The summed E-state index contributed by atoms with van der Waals surface area (Å²) in [5, 5.41) is 6.33. The predicted octanol–water partition coefficient (Wildman–Crippen LogP) is 4.11. The van der Waals surface area contributed by atoms with Gasteiger partial charge in [0.1, 0.15) is 5.75 Å². The zero-order valence-corrected chi connectivity index (χ0v) is 15.5. The van der Waals surface area contributed by atoms with Crippen LogP contribution in [0.25, 0.3) is 0 Å². The van der Waals surface area contributed by atoms with Crippen molar-refractivity contribution in [3.63, 3.8) is 0 Å². The molecule has 4 aliphatic carbocycles. The molecule has 0 aromatic heterocycles. The Labute approximate surface area is 154 Å². The van der Waals surface area contributed by atoms with E-state index in [-0.39, 0.29) is 11.3 Å². The van der Waals surface area contributed by atoms with Crippen LogP contribution in [-0.4, -0.2) is 18.1 Å². The highest BCUT2D eigenvalue weighted by Gasteiger charge is 2.51. The van der Waals surface area contributed by atoms with Gasteiger partial charge in [-0.2, -0.15) is 0 Å². The van der Waals surface area contributed by atoms with Gasteiger partial charge in [-0.05, 0) is 98.2 Å². The second-order valence-corrected chi connectivity index (χ2v) is 8.73. The fourth-order valence-electron chi connectivity index (χ4n) is 5.85. The molecule has 2 N–H and O–H groups in total. The molecule has 1 aromatic carbocycles. The Bertz CT molecular complexity index is 635. The second kappa shape index (κ2) is 6.60. The monoisotopic (exact) mass is 358 g/mol. The Morgan fingerprint density at radius 1 is 1.12 bits per heavy atom. The van der Waals surface area contributed by atoms with Crippen LogP contribution in [0.5, 0.6) is 5.75 Å². The molecular formula is C20H26N2O2S. The molecule has 1 aromatic rings. The molecule has 0 atom stereocenters. The van der Waals surface area contributed by atoms with Gasteiger partial charge in [-0.25, -0.2) is 0 Å². The Morgan fingerprint density at radius 2 is 1.68 bits per heavy atom. The number of nitrogens with one attached hydrogen (secondary N) is 2. The molecule has 4 nitrogen and oxygen atoms in total. The van der Waals surface area contributed by atoms with Crippen LogP contribution in [0.3, 0.4) is 0 Å². The summed E-state index contributed by atoms with van der Waals surface area (Å²) in [5.74, 6) is 3.45. The molecule has 5 rings (SSSR count). The molecule has 0 unspecified atom stereocenters. The normalized spacial score (nSPS) is 32.3. The van der Waals surface area contributed by atoms with Gasteiger partial charge in [0.05, 0.1) is 7.11 Å². The third kappa shape index (κ3) is 3.66. The first kappa shape index (κ1) is 16.8. The van der Waals surface area contributed by atoms with Gasteiger partial charge in [0, 0.05) is 12.1 Å². The quantitative estimate of drug-likeness (QED) is 0.795. The molecule has 1 amide bonds. The summed E-state index contributed by atoms with van der Waals surface area (Å²) in [5.41, 5.74) is 1.09. The van der Waals surface area contributed by atoms with Crippen LogP contribution in [0.15, 0.2) is 24.3 Å². The number of benzene rings is 1. The van der Waals surface area contributed by atoms with Crippen molar-refractivity contribution in [1.29, 1.82) is 0 Å². The van der Waals surface area contributed by atoms with Crippen LogP contribution in [0.1, 0.15) is 44.9 Å². The maximum Gasteiger partial charge on any atom is 0.226 e. The second-order valence-electron chi connectivity index (χ2n) is 8.33. The average Bonchev–Trinajstić information content (AvgIpc) is 2.53. The van der Waals surface area contributed by atoms with Crippen molar-refractivity contribution >= 4 is 28.9 Å². The van der Waals surface area contributed by atoms with Crippen molar-refractivity contribution in [2.75, 3.05) is 12.4 Å². The SMILES string of the molecule is COc1ccc(NC(=S)NC(=O)CC23CC4CC(CC(C4)C2)C3)cc1. The maximum atomic E-state index is 12.6. The fourth-order valence-corrected chi connectivity index (χ4v) is 6.09. The standard InChI is InChI=1S/C20H26N2O2S/c1-24-17-4-2-16(3-5-17)21-19(25)22-18(23)12-20-9-13-6-14(10-20)8-15(7-13)11-20/h2-5,13-15H,6-12H2,1H3,(H2,21,22,23,25). The first-order valence-corrected chi connectivity index (χ1v) is 9.69. The minimum atomic E-state index is 0.0629. The van der Waals surface area contributed by atoms with Gasteiger partial charge in [-0.3, -0.25) is 4.79 Å². The molecule has 4 saturated carbocycles. The zero-order chi connectivity index (χ0) is 17.4. The van der Waals surface area contributed by atoms with E-state index in [1.165, 1.54) is 38.5 Å². The molecule has 25 heavy (non-hydrogen) atoms. The van der Waals surface area contributed by atoms with Gasteiger partial charge < -0.3 is 15.4 Å². The summed E-state index contributed by atoms with van der Waals surface area (Å²) >= 11 is 5.31. The van der Waals surface area contributed by atoms with E-state index >= 15 is 0 Å². The summed E-state index contributed by atoms with van der Waals surface area (Å²) in [6, 6.07) is 7.50. The summed E-state index contributed by atoms with van der Waals surface area (Å²) in [7, 11) is 1.64. The molecule has 0 spiro atoms. The summed E-state index contributed by atoms with van der Waals surface area (Å²) in [4.78, 5) is 12.6. The molecule has 4 bridgehead atoms. The number of methoxy groups -OCH3 is 1. The van der Waals surface area contributed by atoms with Crippen LogP contribution in [0.2, 0.25) is 0 Å². The molecule has 5 heteroatoms. The van der Waals surface area contributed by atoms with Gasteiger partial charge in [-0.1, -0.05) is 0 Å². The summed E-state index contributed by atoms with van der Waals surface area (Å²) in [6.07, 6.45) is 8.55. The number of rotatable bonds is 4. The molecule has 0 saturated heterocycles. The number of thiocarbonyl (C=S) groups is 1. The van der Waals surface area contributed by atoms with Crippen molar-refractivity contribution in [1.82, 2.24) is 5.32 Å². The molecule has 4 aliphatic rings. The Hall–Kier alpha value is -1.62. The van der Waals surface area contributed by atoms with Crippen molar-refractivity contribution in [2.45, 2.75) is 44.9 Å². The molecule has 134 valence electrons. The number of hydrogen-bond donors (Lipinski definition) is 2. The van der Waals surface area contributed by atoms with Crippen molar-refractivity contribution < 1.29 is 9.53 Å². The number of carbonyl (C=O) groups excluding carboxylic acids is 1. The third-order valence-corrected chi connectivity index (χ3v) is 6.51. The minimum absolute atomic E-state index is 0.0629. The van der Waals surface area contributed by atoms with Crippen molar-refractivity contribution in [2.24, 2.45) is 23.2 Å². The van der Waals surface area contributed by atoms with Crippen molar-refractivity contribution in [3.8, 4) is 5.75 Å². The van der Waals surface area contributed by atoms with Gasteiger partial charge in [-0.15, -0.1) is 0 Å². The van der Waals surface area contributed by atoms with E-state index in [1.807, 2.05) is 24.3 Å². The topological polar surface area (TPSA) is 50.4 Å². The molecule has 0 heterocycles. The third-order valence-electron chi connectivity index (χ3n) is 6.30. The first-order valence-electron chi connectivity index (χ1n) is 9.28. The average molecular weight is 359 g/mol. The van der Waals surface area contributed by atoms with E-state index < -0.39 is 0 Å². The Morgan fingerprint density at radius 3 is 2.20 bits per heavy atom. The van der Waals surface area contributed by atoms with Gasteiger partial charge >= 0.3 is 0 Å².